The van der Waals surface area contributed by atoms with Crippen LogP contribution < -0.4 is 25.4 Å². The number of para-hydroxylation sites is 2. The first-order chi connectivity index (χ1) is 38.1. The van der Waals surface area contributed by atoms with Gasteiger partial charge in [-0.05, 0) is 126 Å². The Morgan fingerprint density at radius 1 is 0.595 bits per heavy atom. The van der Waals surface area contributed by atoms with Gasteiger partial charge in [0.15, 0.2) is 0 Å². The number of nitrogens with one attached hydrogen (secondary N) is 3. The molecule has 7 N–H and O–H groups in total. The van der Waals surface area contributed by atoms with E-state index >= 15 is 0 Å². The Bertz CT molecular complexity index is 2500. The summed E-state index contributed by atoms with van der Waals surface area (Å²) in [5, 5.41) is 42.4. The van der Waals surface area contributed by atoms with Crippen molar-refractivity contribution < 1.29 is 103 Å². The molecular formula is C56H87ClN6O21. The van der Waals surface area contributed by atoms with Gasteiger partial charge in [-0.1, -0.05) is 43.8 Å². The van der Waals surface area contributed by atoms with E-state index in [2.05, 4.69) is 27.1 Å². The van der Waals surface area contributed by atoms with Gasteiger partial charge in [-0.15, -0.1) is 25.2 Å². The highest BCUT2D eigenvalue weighted by Gasteiger charge is 2.32. The average Bonchev–Trinajstić information content (AvgIpc) is 3.29. The lowest BCUT2D eigenvalue weighted by atomic mass is 10.1. The second-order valence-electron chi connectivity index (χ2n) is 21.0. The van der Waals surface area contributed by atoms with E-state index in [4.69, 9.17) is 45.5 Å². The fourth-order valence-corrected chi connectivity index (χ4v) is 6.18. The molecule has 28 heteroatoms. The molecule has 0 radical (unpaired) electrons. The number of carboxylic acids is 4. The molecule has 2 aromatic carbocycles. The van der Waals surface area contributed by atoms with Crippen LogP contribution in [0.15, 0.2) is 36.4 Å². The zero-order valence-corrected chi connectivity index (χ0v) is 50.6. The van der Waals surface area contributed by atoms with Gasteiger partial charge >= 0.3 is 54.1 Å². The smallest absolute Gasteiger partial charge is 0.411 e. The van der Waals surface area contributed by atoms with E-state index in [1.807, 2.05) is 71.0 Å². The summed E-state index contributed by atoms with van der Waals surface area (Å²) < 4.78 is 36.6. The van der Waals surface area contributed by atoms with Gasteiger partial charge in [0.25, 0.3) is 0 Å². The van der Waals surface area contributed by atoms with Crippen molar-refractivity contribution in [3.63, 3.8) is 0 Å². The molecule has 0 saturated carbocycles. The predicted octanol–water partition coefficient (Wildman–Crippen LogP) is 5.38. The number of carbonyl (C=O) groups is 11. The van der Waals surface area contributed by atoms with Crippen LogP contribution in [0.2, 0.25) is 0 Å². The van der Waals surface area contributed by atoms with Crippen molar-refractivity contribution in [1.82, 2.24) is 30.7 Å². The molecule has 84 heavy (non-hydrogen) atoms. The minimum Gasteiger partial charge on any atom is -0.491 e. The average molecular weight is 1220 g/mol. The van der Waals surface area contributed by atoms with Crippen molar-refractivity contribution in [2.45, 2.75) is 140 Å². The number of aryl methyl sites for hydroxylation is 4. The van der Waals surface area contributed by atoms with Gasteiger partial charge in [-0.2, -0.15) is 0 Å². The summed E-state index contributed by atoms with van der Waals surface area (Å²) in [6, 6.07) is 11.2. The molecule has 474 valence electrons. The molecule has 1 saturated heterocycles. The number of amides is 5. The van der Waals surface area contributed by atoms with Crippen LogP contribution in [0.25, 0.3) is 0 Å². The van der Waals surface area contributed by atoms with Crippen LogP contribution in [0, 0.1) is 40.5 Å². The minimum absolute atomic E-state index is 0. The summed E-state index contributed by atoms with van der Waals surface area (Å²) in [5.74, 6) is -5.45. The number of halogens is 1. The van der Waals surface area contributed by atoms with Crippen LogP contribution in [0.3, 0.4) is 0 Å². The lowest BCUT2D eigenvalue weighted by Gasteiger charge is -2.28. The van der Waals surface area contributed by atoms with E-state index in [0.717, 1.165) is 43.6 Å². The fourth-order valence-electron chi connectivity index (χ4n) is 6.18. The lowest BCUT2D eigenvalue weighted by molar-refractivity contribution is -0.166. The summed E-state index contributed by atoms with van der Waals surface area (Å²) in [6.45, 7) is 23.7. The highest BCUT2D eigenvalue weighted by atomic mass is 35.5. The number of carboxylic acid groups (broad SMARTS) is 4. The molecule has 0 aliphatic carbocycles. The van der Waals surface area contributed by atoms with Gasteiger partial charge in [0.05, 0.1) is 25.2 Å². The minimum atomic E-state index is -1.30. The molecule has 2 aromatic rings. The largest absolute Gasteiger partial charge is 0.491 e. The number of carbonyl (C=O) groups excluding carboxylic acids is 7. The number of rotatable bonds is 20. The standard InChI is InChI=1S/C20H30N2O6.C15H22N2O4.C9H15NO6.C9H13NO5.C2H2.CH4.ClH/c1-13-8-7-9-14(2)18(13)27-12-15(3)21-16(23)10-22(11-17(24)25)19(26)28-20(4,5)6;1-10-5-4-6-11(2)15(10)21-9-12(3)17-13(18)7-16-8-14(19)20;1-9(2,3)16-8(15)10(4-6(11)12)5-7(13)14;1-9(2,3)15-8(13)10-4-6(11)14-7(12)5-10;1-2;;/h7-9,15H,10-12H2,1-6H3,(H,21,23)(H,24,25);4-6,12,16H,7-9H2,1-3H3,(H,17,18)(H,19,20);4-5H2,1-3H3,(H,11,12)(H,13,14);4-5H2,1-3H3;1-2H;1H4;1H/i;;;;1D;;. The lowest BCUT2D eigenvalue weighted by Crippen LogP contribution is -2.47. The SMILES string of the molecule is C.CC(C)(C)OC(=O)N(CC(=O)O)CC(=O)O.CC(C)(C)OC(=O)N1CC(=O)OC(=O)C1.Cc1cccc(C)c1OCC(C)NC(=O)CN(CC(=O)O)C(=O)OC(C)(C)C.Cc1cccc(C)c1OCC(C)NC(=O)CNCC(=O)O.Cl.[2H]C#C. The summed E-state index contributed by atoms with van der Waals surface area (Å²) in [4.78, 5) is 125. The van der Waals surface area contributed by atoms with Crippen molar-refractivity contribution >= 4 is 78.3 Å². The zero-order valence-electron chi connectivity index (χ0n) is 50.7. The monoisotopic (exact) mass is 1220 g/mol. The second-order valence-corrected chi connectivity index (χ2v) is 21.0. The van der Waals surface area contributed by atoms with Crippen LogP contribution in [-0.4, -0.2) is 195 Å². The van der Waals surface area contributed by atoms with Gasteiger partial charge in [0.2, 0.25) is 11.8 Å². The molecule has 1 fully saturated rings. The van der Waals surface area contributed by atoms with Gasteiger partial charge in [-0.25, -0.2) is 24.0 Å². The maximum Gasteiger partial charge on any atom is 0.411 e. The van der Waals surface area contributed by atoms with Crippen molar-refractivity contribution in [3.8, 4) is 24.3 Å². The fraction of sp³-hybridized carbons (Fsp3) is 0.554. The van der Waals surface area contributed by atoms with E-state index in [9.17, 15) is 52.7 Å². The van der Waals surface area contributed by atoms with Crippen LogP contribution >= 0.6 is 12.4 Å². The highest BCUT2D eigenvalue weighted by molar-refractivity contribution is 5.94. The van der Waals surface area contributed by atoms with Gasteiger partial charge < -0.3 is 59.5 Å². The van der Waals surface area contributed by atoms with E-state index in [1.165, 1.54) is 6.40 Å². The first-order valence-electron chi connectivity index (χ1n) is 25.7. The third kappa shape index (κ3) is 39.9. The second kappa shape index (κ2) is 39.9. The molecule has 0 aromatic heterocycles. The summed E-state index contributed by atoms with van der Waals surface area (Å²) in [6.07, 6.45) is 3.26. The molecule has 27 nitrogen and oxygen atoms in total. The molecule has 2 unspecified atom stereocenters. The normalized spacial score (nSPS) is 12.2. The molecule has 0 spiro atoms. The number of morpholine rings is 1. The van der Waals surface area contributed by atoms with Crippen LogP contribution in [0.5, 0.6) is 11.5 Å². The number of ether oxygens (including phenoxy) is 6. The quantitative estimate of drug-likeness (QED) is 0.0379. The number of nitrogens with zero attached hydrogens (tertiary/aromatic N) is 3. The number of hydrogen-bond donors (Lipinski definition) is 7. The first-order valence-corrected chi connectivity index (χ1v) is 25.2. The number of cyclic esters (lactones) is 2. The molecule has 1 aliphatic heterocycles. The van der Waals surface area contributed by atoms with Gasteiger partial charge in [0, 0.05) is 0 Å². The topological polar surface area (TPSA) is 370 Å². The molecule has 1 aliphatic rings. The third-order valence-electron chi connectivity index (χ3n) is 9.28. The summed E-state index contributed by atoms with van der Waals surface area (Å²) in [5.41, 5.74) is 1.85. The van der Waals surface area contributed by atoms with Crippen LogP contribution in [0.1, 0.15) is 107 Å². The predicted molar refractivity (Wildman–Crippen MR) is 310 cm³/mol. The van der Waals surface area contributed by atoms with Crippen molar-refractivity contribution in [2.75, 3.05) is 65.6 Å². The molecule has 1 heterocycles. The maximum absolute atomic E-state index is 12.3. The Morgan fingerprint density at radius 2 is 0.917 bits per heavy atom. The Morgan fingerprint density at radius 3 is 1.23 bits per heavy atom. The van der Waals surface area contributed by atoms with Crippen molar-refractivity contribution in [1.29, 1.82) is 0 Å². The number of benzene rings is 2. The highest BCUT2D eigenvalue weighted by Crippen LogP contribution is 2.23. The molecule has 3 rings (SSSR count). The Balaban J connectivity index is -0.000000517. The molecule has 0 bridgehead atoms. The first kappa shape index (κ1) is 79.8. The summed E-state index contributed by atoms with van der Waals surface area (Å²) in [7, 11) is 0. The van der Waals surface area contributed by atoms with E-state index < -0.39 is 103 Å². The van der Waals surface area contributed by atoms with Gasteiger partial charge in [-0.3, -0.25) is 48.8 Å². The summed E-state index contributed by atoms with van der Waals surface area (Å²) >= 11 is 0. The number of esters is 2. The zero-order chi connectivity index (χ0) is 64.6. The van der Waals surface area contributed by atoms with Gasteiger partial charge in [0.1, 0.15) is 82.2 Å². The van der Waals surface area contributed by atoms with E-state index in [0.29, 0.717) is 11.5 Å². The maximum atomic E-state index is 12.3. The number of aliphatic carboxylic acids is 4. The van der Waals surface area contributed by atoms with Crippen LogP contribution in [0.4, 0.5) is 14.4 Å². The number of terminal acetylenes is 1. The Kier molecular flexibility index (Phi) is 38.0. The van der Waals surface area contributed by atoms with Crippen molar-refractivity contribution in [3.05, 3.63) is 58.7 Å². The number of hydrogen-bond acceptors (Lipinski definition) is 18. The van der Waals surface area contributed by atoms with E-state index in [-0.39, 0.29) is 70.6 Å². The molecular weight excluding hydrogens is 1130 g/mol. The Labute approximate surface area is 499 Å². The Hall–Kier alpha value is -8.38. The molecule has 2 atom stereocenters. The van der Waals surface area contributed by atoms with E-state index in [1.54, 1.807) is 69.2 Å². The third-order valence-corrected chi connectivity index (χ3v) is 9.28. The van der Waals surface area contributed by atoms with Crippen LogP contribution in [-0.2, 0) is 57.3 Å². The molecule has 5 amide bonds. The van der Waals surface area contributed by atoms with Crippen molar-refractivity contribution in [2.24, 2.45) is 0 Å².